The largest absolute Gasteiger partial charge is 0.420 e. The highest BCUT2D eigenvalue weighted by Gasteiger charge is 2.11. The Labute approximate surface area is 103 Å². The quantitative estimate of drug-likeness (QED) is 0.699. The summed E-state index contributed by atoms with van der Waals surface area (Å²) in [7, 11) is 0. The summed E-state index contributed by atoms with van der Waals surface area (Å²) in [5.41, 5.74) is 8.67. The van der Waals surface area contributed by atoms with E-state index in [9.17, 15) is 4.79 Å². The monoisotopic (exact) mass is 240 g/mol. The molecule has 0 radical (unpaired) electrons. The predicted octanol–water partition coefficient (Wildman–Crippen LogP) is 2.23. The third-order valence-corrected chi connectivity index (χ3v) is 2.90. The maximum Gasteiger partial charge on any atom is 0.420 e. The van der Waals surface area contributed by atoms with Crippen molar-refractivity contribution in [2.45, 2.75) is 6.54 Å². The first-order chi connectivity index (χ1) is 8.75. The summed E-state index contributed by atoms with van der Waals surface area (Å²) in [5, 5.41) is 0. The number of nitrogens with zero attached hydrogens (tertiary/aromatic N) is 1. The van der Waals surface area contributed by atoms with E-state index in [2.05, 4.69) is 0 Å². The number of hydrogen-bond donors (Lipinski definition) is 1. The van der Waals surface area contributed by atoms with Crippen molar-refractivity contribution in [3.05, 3.63) is 64.6 Å². The zero-order valence-corrected chi connectivity index (χ0v) is 9.67. The SMILES string of the molecule is Nc1cccc2oc(=O)n(Cc3ccccc3)c12. The van der Waals surface area contributed by atoms with Crippen molar-refractivity contribution in [2.24, 2.45) is 0 Å². The van der Waals surface area contributed by atoms with E-state index < -0.39 is 0 Å². The summed E-state index contributed by atoms with van der Waals surface area (Å²) in [6, 6.07) is 15.0. The van der Waals surface area contributed by atoms with Crippen LogP contribution in [-0.2, 0) is 6.54 Å². The minimum atomic E-state index is -0.383. The third-order valence-electron chi connectivity index (χ3n) is 2.90. The summed E-state index contributed by atoms with van der Waals surface area (Å²) >= 11 is 0. The van der Waals surface area contributed by atoms with E-state index in [0.29, 0.717) is 23.3 Å². The van der Waals surface area contributed by atoms with Crippen molar-refractivity contribution >= 4 is 16.8 Å². The molecule has 0 amide bonds. The second-order valence-corrected chi connectivity index (χ2v) is 4.13. The van der Waals surface area contributed by atoms with Gasteiger partial charge in [-0.15, -0.1) is 0 Å². The molecule has 0 fully saturated rings. The van der Waals surface area contributed by atoms with Gasteiger partial charge >= 0.3 is 5.76 Å². The highest BCUT2D eigenvalue weighted by atomic mass is 16.4. The van der Waals surface area contributed by atoms with Crippen molar-refractivity contribution in [3.63, 3.8) is 0 Å². The van der Waals surface area contributed by atoms with Crippen LogP contribution in [0.2, 0.25) is 0 Å². The van der Waals surface area contributed by atoms with Gasteiger partial charge in [-0.25, -0.2) is 4.79 Å². The molecule has 0 aliphatic rings. The zero-order chi connectivity index (χ0) is 12.5. The van der Waals surface area contributed by atoms with Gasteiger partial charge in [0.25, 0.3) is 0 Å². The molecule has 2 aromatic carbocycles. The number of rotatable bonds is 2. The minimum absolute atomic E-state index is 0.383. The molecule has 0 spiro atoms. The number of para-hydroxylation sites is 1. The van der Waals surface area contributed by atoms with Gasteiger partial charge in [0, 0.05) is 0 Å². The highest BCUT2D eigenvalue weighted by Crippen LogP contribution is 2.20. The first-order valence-corrected chi connectivity index (χ1v) is 5.67. The van der Waals surface area contributed by atoms with Crippen LogP contribution in [0, 0.1) is 0 Å². The van der Waals surface area contributed by atoms with Crippen LogP contribution in [0.3, 0.4) is 0 Å². The number of hydrogen-bond acceptors (Lipinski definition) is 3. The van der Waals surface area contributed by atoms with Gasteiger partial charge in [0.15, 0.2) is 5.58 Å². The van der Waals surface area contributed by atoms with Crippen molar-refractivity contribution in [3.8, 4) is 0 Å². The van der Waals surface area contributed by atoms with E-state index in [-0.39, 0.29) is 5.76 Å². The van der Waals surface area contributed by atoms with Crippen molar-refractivity contribution < 1.29 is 4.42 Å². The van der Waals surface area contributed by atoms with E-state index in [0.717, 1.165) is 5.56 Å². The standard InChI is InChI=1S/C14H12N2O2/c15-11-7-4-8-12-13(11)16(14(17)18-12)9-10-5-2-1-3-6-10/h1-8H,9,15H2. The number of nitrogens with two attached hydrogens (primary N) is 1. The van der Waals surface area contributed by atoms with Gasteiger partial charge in [0.05, 0.1) is 12.2 Å². The van der Waals surface area contributed by atoms with E-state index in [1.807, 2.05) is 30.3 Å². The molecule has 90 valence electrons. The van der Waals surface area contributed by atoms with E-state index in [1.165, 1.54) is 0 Å². The Hall–Kier alpha value is -2.49. The number of aromatic nitrogens is 1. The summed E-state index contributed by atoms with van der Waals surface area (Å²) in [4.78, 5) is 11.8. The molecule has 0 aliphatic heterocycles. The van der Waals surface area contributed by atoms with Crippen molar-refractivity contribution in [2.75, 3.05) is 5.73 Å². The van der Waals surface area contributed by atoms with Crippen LogP contribution in [0.4, 0.5) is 5.69 Å². The van der Waals surface area contributed by atoms with Gasteiger partial charge in [-0.2, -0.15) is 0 Å². The second-order valence-electron chi connectivity index (χ2n) is 4.13. The lowest BCUT2D eigenvalue weighted by atomic mass is 10.2. The molecule has 0 saturated carbocycles. The predicted molar refractivity (Wildman–Crippen MR) is 70.4 cm³/mol. The lowest BCUT2D eigenvalue weighted by Crippen LogP contribution is -2.15. The van der Waals surface area contributed by atoms with Crippen LogP contribution in [0.15, 0.2) is 57.7 Å². The van der Waals surface area contributed by atoms with E-state index in [1.54, 1.807) is 22.8 Å². The Morgan fingerprint density at radius 3 is 2.61 bits per heavy atom. The molecular weight excluding hydrogens is 228 g/mol. The van der Waals surface area contributed by atoms with Crippen molar-refractivity contribution in [1.29, 1.82) is 0 Å². The second kappa shape index (κ2) is 4.07. The number of fused-ring (bicyclic) bond motifs is 1. The number of nitrogen functional groups attached to an aromatic ring is 1. The molecule has 1 heterocycles. The summed E-state index contributed by atoms with van der Waals surface area (Å²) in [6.45, 7) is 0.459. The summed E-state index contributed by atoms with van der Waals surface area (Å²) in [5.74, 6) is -0.383. The van der Waals surface area contributed by atoms with Crippen LogP contribution >= 0.6 is 0 Å². The third kappa shape index (κ3) is 1.68. The van der Waals surface area contributed by atoms with Gasteiger partial charge in [-0.1, -0.05) is 36.4 Å². The molecule has 2 N–H and O–H groups in total. The van der Waals surface area contributed by atoms with Gasteiger partial charge in [0.1, 0.15) is 5.52 Å². The zero-order valence-electron chi connectivity index (χ0n) is 9.67. The van der Waals surface area contributed by atoms with Crippen molar-refractivity contribution in [1.82, 2.24) is 4.57 Å². The van der Waals surface area contributed by atoms with E-state index in [4.69, 9.17) is 10.2 Å². The van der Waals surface area contributed by atoms with Gasteiger partial charge in [0.2, 0.25) is 0 Å². The average Bonchev–Trinajstić information content (AvgIpc) is 2.69. The fourth-order valence-electron chi connectivity index (χ4n) is 2.06. The molecule has 4 heteroatoms. The van der Waals surface area contributed by atoms with Gasteiger partial charge < -0.3 is 10.2 Å². The highest BCUT2D eigenvalue weighted by molar-refractivity contribution is 5.85. The molecule has 0 bridgehead atoms. The first-order valence-electron chi connectivity index (χ1n) is 5.67. The Morgan fingerprint density at radius 2 is 1.83 bits per heavy atom. The average molecular weight is 240 g/mol. The topological polar surface area (TPSA) is 61.2 Å². The van der Waals surface area contributed by atoms with Crippen LogP contribution in [0.1, 0.15) is 5.56 Å². The molecule has 4 nitrogen and oxygen atoms in total. The Balaban J connectivity index is 2.17. The fourth-order valence-corrected chi connectivity index (χ4v) is 2.06. The Kier molecular flexibility index (Phi) is 2.41. The Morgan fingerprint density at radius 1 is 1.06 bits per heavy atom. The smallest absolute Gasteiger partial charge is 0.408 e. The van der Waals surface area contributed by atoms with Gasteiger partial charge in [-0.05, 0) is 17.7 Å². The molecule has 0 unspecified atom stereocenters. The number of benzene rings is 2. The molecule has 3 rings (SSSR count). The van der Waals surface area contributed by atoms with Gasteiger partial charge in [-0.3, -0.25) is 4.57 Å². The molecule has 3 aromatic rings. The summed E-state index contributed by atoms with van der Waals surface area (Å²) in [6.07, 6.45) is 0. The molecular formula is C14H12N2O2. The van der Waals surface area contributed by atoms with Crippen LogP contribution < -0.4 is 11.5 Å². The molecule has 1 aromatic heterocycles. The lowest BCUT2D eigenvalue weighted by molar-refractivity contribution is 0.518. The van der Waals surface area contributed by atoms with Crippen LogP contribution in [-0.4, -0.2) is 4.57 Å². The molecule has 0 atom stereocenters. The summed E-state index contributed by atoms with van der Waals surface area (Å²) < 4.78 is 6.74. The maximum atomic E-state index is 11.8. The number of anilines is 1. The minimum Gasteiger partial charge on any atom is -0.408 e. The normalized spacial score (nSPS) is 10.9. The first kappa shape index (κ1) is 10.7. The van der Waals surface area contributed by atoms with Crippen LogP contribution in [0.5, 0.6) is 0 Å². The van der Waals surface area contributed by atoms with Crippen LogP contribution in [0.25, 0.3) is 11.1 Å². The molecule has 0 aliphatic carbocycles. The molecule has 0 saturated heterocycles. The molecule has 18 heavy (non-hydrogen) atoms. The Bertz CT molecular complexity index is 741. The maximum absolute atomic E-state index is 11.8. The number of oxazole rings is 1. The lowest BCUT2D eigenvalue weighted by Gasteiger charge is -2.03. The fraction of sp³-hybridized carbons (Fsp3) is 0.0714. The van der Waals surface area contributed by atoms with E-state index >= 15 is 0 Å².